The van der Waals surface area contributed by atoms with Crippen molar-refractivity contribution >= 4 is 28.5 Å². The quantitative estimate of drug-likeness (QED) is 0.780. The van der Waals surface area contributed by atoms with E-state index in [1.165, 1.54) is 9.13 Å². The van der Waals surface area contributed by atoms with Crippen LogP contribution in [0.2, 0.25) is 0 Å². The highest BCUT2D eigenvalue weighted by Gasteiger charge is 2.21. The van der Waals surface area contributed by atoms with E-state index in [4.69, 9.17) is 4.74 Å². The first-order chi connectivity index (χ1) is 7.65. The van der Waals surface area contributed by atoms with Gasteiger partial charge in [0.05, 0.1) is 6.04 Å². The van der Waals surface area contributed by atoms with Crippen molar-refractivity contribution in [3.05, 3.63) is 33.4 Å². The average Bonchev–Trinajstić information content (AvgIpc) is 2.70. The summed E-state index contributed by atoms with van der Waals surface area (Å²) in [6.07, 6.45) is 0.820. The van der Waals surface area contributed by atoms with E-state index in [1.54, 1.807) is 0 Å². The standard InChI is InChI=1S/C13H16INO/c1-9(2)12-8-16-13(15-12)7-10-3-5-11(14)6-4-10/h3-6,9,12H,7-8H2,1-2H3. The van der Waals surface area contributed by atoms with Crippen LogP contribution < -0.4 is 0 Å². The number of hydrogen-bond donors (Lipinski definition) is 0. The van der Waals surface area contributed by atoms with Crippen LogP contribution in [0, 0.1) is 9.49 Å². The fourth-order valence-electron chi connectivity index (χ4n) is 1.66. The van der Waals surface area contributed by atoms with Gasteiger partial charge in [-0.2, -0.15) is 0 Å². The van der Waals surface area contributed by atoms with Crippen LogP contribution in [0.15, 0.2) is 29.3 Å². The number of benzene rings is 1. The lowest BCUT2D eigenvalue weighted by Crippen LogP contribution is -2.13. The molecule has 0 N–H and O–H groups in total. The molecular formula is C13H16INO. The van der Waals surface area contributed by atoms with Gasteiger partial charge in [-0.15, -0.1) is 0 Å². The Morgan fingerprint density at radius 3 is 2.62 bits per heavy atom. The van der Waals surface area contributed by atoms with E-state index >= 15 is 0 Å². The van der Waals surface area contributed by atoms with Crippen LogP contribution in [0.25, 0.3) is 0 Å². The van der Waals surface area contributed by atoms with Crippen LogP contribution in [-0.2, 0) is 11.2 Å². The van der Waals surface area contributed by atoms with Crippen LogP contribution in [0.3, 0.4) is 0 Å². The molecule has 16 heavy (non-hydrogen) atoms. The summed E-state index contributed by atoms with van der Waals surface area (Å²) in [5.41, 5.74) is 1.27. The summed E-state index contributed by atoms with van der Waals surface area (Å²) in [7, 11) is 0. The molecule has 2 rings (SSSR count). The third kappa shape index (κ3) is 2.97. The monoisotopic (exact) mass is 329 g/mol. The van der Waals surface area contributed by atoms with Crippen LogP contribution in [-0.4, -0.2) is 18.5 Å². The van der Waals surface area contributed by atoms with Gasteiger partial charge >= 0.3 is 0 Å². The second-order valence-electron chi connectivity index (χ2n) is 4.45. The van der Waals surface area contributed by atoms with E-state index in [9.17, 15) is 0 Å². The second-order valence-corrected chi connectivity index (χ2v) is 5.69. The predicted octanol–water partition coefficient (Wildman–Crippen LogP) is 3.29. The van der Waals surface area contributed by atoms with Crippen molar-refractivity contribution in [2.75, 3.05) is 6.61 Å². The molecule has 0 radical (unpaired) electrons. The number of nitrogens with zero attached hydrogens (tertiary/aromatic N) is 1. The summed E-state index contributed by atoms with van der Waals surface area (Å²) < 4.78 is 6.87. The third-order valence-electron chi connectivity index (χ3n) is 2.77. The number of rotatable bonds is 3. The summed E-state index contributed by atoms with van der Waals surface area (Å²) in [6.45, 7) is 5.12. The van der Waals surface area contributed by atoms with Gasteiger partial charge in [0.1, 0.15) is 6.61 Å². The number of ether oxygens (including phenoxy) is 1. The number of hydrogen-bond acceptors (Lipinski definition) is 2. The molecule has 0 spiro atoms. The molecule has 0 aromatic heterocycles. The van der Waals surface area contributed by atoms with Gasteiger partial charge in [0.2, 0.25) is 0 Å². The summed E-state index contributed by atoms with van der Waals surface area (Å²) >= 11 is 2.31. The molecule has 0 bridgehead atoms. The van der Waals surface area contributed by atoms with Gasteiger partial charge in [-0.05, 0) is 46.2 Å². The lowest BCUT2D eigenvalue weighted by molar-refractivity contribution is 0.287. The van der Waals surface area contributed by atoms with E-state index in [0.717, 1.165) is 18.9 Å². The highest BCUT2D eigenvalue weighted by Crippen LogP contribution is 2.16. The van der Waals surface area contributed by atoms with E-state index in [-0.39, 0.29) is 0 Å². The predicted molar refractivity (Wildman–Crippen MR) is 74.9 cm³/mol. The summed E-state index contributed by atoms with van der Waals surface area (Å²) in [5.74, 6) is 1.45. The molecule has 1 heterocycles. The molecule has 86 valence electrons. The average molecular weight is 329 g/mol. The SMILES string of the molecule is CC(C)C1COC(Cc2ccc(I)cc2)=N1. The minimum absolute atomic E-state index is 0.346. The molecule has 0 saturated heterocycles. The lowest BCUT2D eigenvalue weighted by atomic mass is 10.1. The molecule has 0 amide bonds. The zero-order chi connectivity index (χ0) is 11.5. The normalized spacial score (nSPS) is 19.8. The molecule has 0 fully saturated rings. The second kappa shape index (κ2) is 5.17. The van der Waals surface area contributed by atoms with Gasteiger partial charge in [0.15, 0.2) is 5.90 Å². The number of halogens is 1. The van der Waals surface area contributed by atoms with Gasteiger partial charge in [-0.1, -0.05) is 26.0 Å². The third-order valence-corrected chi connectivity index (χ3v) is 3.49. The Hall–Kier alpha value is -0.580. The molecule has 1 unspecified atom stereocenters. The zero-order valence-corrected chi connectivity index (χ0v) is 11.8. The number of aliphatic imine (C=N–C) groups is 1. The van der Waals surface area contributed by atoms with E-state index in [2.05, 4.69) is 65.7 Å². The fraction of sp³-hybridized carbons (Fsp3) is 0.462. The summed E-state index contributed by atoms with van der Waals surface area (Å²) in [6, 6.07) is 8.85. The minimum Gasteiger partial charge on any atom is -0.478 e. The molecule has 1 aromatic carbocycles. The maximum Gasteiger partial charge on any atom is 0.188 e. The van der Waals surface area contributed by atoms with Crippen molar-refractivity contribution in [1.29, 1.82) is 0 Å². The Morgan fingerprint density at radius 1 is 1.38 bits per heavy atom. The van der Waals surface area contributed by atoms with E-state index in [1.807, 2.05) is 0 Å². The Labute approximate surface area is 110 Å². The molecule has 1 aliphatic heterocycles. The highest BCUT2D eigenvalue weighted by atomic mass is 127. The van der Waals surface area contributed by atoms with Crippen LogP contribution in [0.4, 0.5) is 0 Å². The topological polar surface area (TPSA) is 21.6 Å². The van der Waals surface area contributed by atoms with Crippen molar-refractivity contribution in [1.82, 2.24) is 0 Å². The molecule has 1 atom stereocenters. The van der Waals surface area contributed by atoms with Crippen LogP contribution >= 0.6 is 22.6 Å². The van der Waals surface area contributed by atoms with E-state index < -0.39 is 0 Å². The lowest BCUT2D eigenvalue weighted by Gasteiger charge is -2.06. The van der Waals surface area contributed by atoms with Gasteiger partial charge in [0.25, 0.3) is 0 Å². The molecule has 1 aliphatic rings. The molecule has 2 nitrogen and oxygen atoms in total. The van der Waals surface area contributed by atoms with Crippen LogP contribution in [0.1, 0.15) is 19.4 Å². The van der Waals surface area contributed by atoms with Gasteiger partial charge in [0, 0.05) is 9.99 Å². The maximum atomic E-state index is 5.61. The Morgan fingerprint density at radius 2 is 2.06 bits per heavy atom. The first-order valence-corrected chi connectivity index (χ1v) is 6.67. The zero-order valence-electron chi connectivity index (χ0n) is 9.61. The van der Waals surface area contributed by atoms with Crippen LogP contribution in [0.5, 0.6) is 0 Å². The van der Waals surface area contributed by atoms with Gasteiger partial charge in [-0.25, -0.2) is 4.99 Å². The van der Waals surface area contributed by atoms with Crippen molar-refractivity contribution in [3.63, 3.8) is 0 Å². The first-order valence-electron chi connectivity index (χ1n) is 5.59. The molecule has 1 aromatic rings. The van der Waals surface area contributed by atoms with Gasteiger partial charge < -0.3 is 4.74 Å². The van der Waals surface area contributed by atoms with Crippen molar-refractivity contribution in [2.24, 2.45) is 10.9 Å². The Kier molecular flexibility index (Phi) is 3.84. The fourth-order valence-corrected chi connectivity index (χ4v) is 2.02. The first kappa shape index (κ1) is 11.9. The molecule has 3 heteroatoms. The largest absolute Gasteiger partial charge is 0.478 e. The van der Waals surface area contributed by atoms with E-state index in [0.29, 0.717) is 12.0 Å². The Balaban J connectivity index is 2.01. The summed E-state index contributed by atoms with van der Waals surface area (Å²) in [5, 5.41) is 0. The Bertz CT molecular complexity index is 383. The van der Waals surface area contributed by atoms with Crippen molar-refractivity contribution in [2.45, 2.75) is 26.3 Å². The molecule has 0 saturated carbocycles. The minimum atomic E-state index is 0.346. The molecular weight excluding hydrogens is 313 g/mol. The van der Waals surface area contributed by atoms with Gasteiger partial charge in [-0.3, -0.25) is 0 Å². The summed E-state index contributed by atoms with van der Waals surface area (Å²) in [4.78, 5) is 4.60. The van der Waals surface area contributed by atoms with Crippen molar-refractivity contribution < 1.29 is 4.74 Å². The smallest absolute Gasteiger partial charge is 0.188 e. The highest BCUT2D eigenvalue weighted by molar-refractivity contribution is 14.1. The molecule has 0 aliphatic carbocycles. The maximum absolute atomic E-state index is 5.61. The van der Waals surface area contributed by atoms with Crippen molar-refractivity contribution in [3.8, 4) is 0 Å².